The zero-order valence-corrected chi connectivity index (χ0v) is 10.3. The van der Waals surface area contributed by atoms with Crippen LogP contribution in [0, 0.1) is 5.82 Å². The van der Waals surface area contributed by atoms with Crippen LogP contribution in [-0.4, -0.2) is 25.6 Å². The van der Waals surface area contributed by atoms with Crippen LogP contribution < -0.4 is 4.74 Å². The molecule has 1 N–H and O–H groups in total. The average molecular weight is 271 g/mol. The lowest BCUT2D eigenvalue weighted by Crippen LogP contribution is -1.98. The third kappa shape index (κ3) is 2.77. The van der Waals surface area contributed by atoms with Crippen LogP contribution in [0.1, 0.15) is 5.69 Å². The van der Waals surface area contributed by atoms with E-state index in [9.17, 15) is 4.39 Å². The van der Waals surface area contributed by atoms with Crippen LogP contribution >= 0.6 is 0 Å². The van der Waals surface area contributed by atoms with E-state index in [2.05, 4.69) is 25.6 Å². The van der Waals surface area contributed by atoms with Crippen molar-refractivity contribution in [2.24, 2.45) is 0 Å². The van der Waals surface area contributed by atoms with E-state index in [1.165, 1.54) is 12.1 Å². The molecule has 6 nitrogen and oxygen atoms in total. The molecule has 0 spiro atoms. The van der Waals surface area contributed by atoms with Crippen LogP contribution in [0.15, 0.2) is 42.6 Å². The summed E-state index contributed by atoms with van der Waals surface area (Å²) in [5, 5.41) is 13.6. The van der Waals surface area contributed by atoms with Crippen molar-refractivity contribution < 1.29 is 9.13 Å². The van der Waals surface area contributed by atoms with Crippen LogP contribution in [-0.2, 0) is 6.61 Å². The highest BCUT2D eigenvalue weighted by atomic mass is 19.1. The van der Waals surface area contributed by atoms with Gasteiger partial charge < -0.3 is 4.74 Å². The highest BCUT2D eigenvalue weighted by molar-refractivity contribution is 5.51. The maximum atomic E-state index is 12.7. The second-order valence-electron chi connectivity index (χ2n) is 4.02. The molecule has 0 aliphatic rings. The number of pyridine rings is 1. The average Bonchev–Trinajstić information content (AvgIpc) is 3.01. The molecular formula is C13H10FN5O. The second-order valence-corrected chi connectivity index (χ2v) is 4.02. The largest absolute Gasteiger partial charge is 0.487 e. The molecule has 2 heterocycles. The van der Waals surface area contributed by atoms with Crippen molar-refractivity contribution >= 4 is 0 Å². The minimum Gasteiger partial charge on any atom is -0.487 e. The number of hydrogen-bond acceptors (Lipinski definition) is 5. The second kappa shape index (κ2) is 5.43. The molecule has 7 heteroatoms. The number of aromatic nitrogens is 5. The van der Waals surface area contributed by atoms with E-state index in [4.69, 9.17) is 4.74 Å². The molecule has 0 saturated carbocycles. The van der Waals surface area contributed by atoms with Crippen molar-refractivity contribution in [1.29, 1.82) is 0 Å². The van der Waals surface area contributed by atoms with Crippen LogP contribution in [0.3, 0.4) is 0 Å². The molecule has 1 aromatic carbocycles. The van der Waals surface area contributed by atoms with Gasteiger partial charge in [0, 0.05) is 11.8 Å². The Hall–Kier alpha value is -2.83. The molecule has 0 unspecified atom stereocenters. The first-order valence-corrected chi connectivity index (χ1v) is 5.88. The molecule has 0 radical (unpaired) electrons. The molecule has 3 rings (SSSR count). The molecule has 20 heavy (non-hydrogen) atoms. The van der Waals surface area contributed by atoms with Gasteiger partial charge in [0.1, 0.15) is 18.2 Å². The van der Waals surface area contributed by atoms with Gasteiger partial charge in [-0.15, -0.1) is 10.2 Å². The standard InChI is InChI=1S/C13H10FN5O/c14-10-2-5-12(6-3-10)20-8-11-4-1-9(7-15-11)13-16-18-19-17-13/h1-7H,8H2,(H,16,17,18,19). The Morgan fingerprint density at radius 3 is 2.60 bits per heavy atom. The lowest BCUT2D eigenvalue weighted by Gasteiger charge is -2.05. The van der Waals surface area contributed by atoms with Crippen molar-refractivity contribution in [3.8, 4) is 17.1 Å². The molecule has 100 valence electrons. The molecular weight excluding hydrogens is 261 g/mol. The number of nitrogens with zero attached hydrogens (tertiary/aromatic N) is 4. The summed E-state index contributed by atoms with van der Waals surface area (Å²) in [6.45, 7) is 0.304. The van der Waals surface area contributed by atoms with Crippen molar-refractivity contribution in [3.63, 3.8) is 0 Å². The monoisotopic (exact) mass is 271 g/mol. The smallest absolute Gasteiger partial charge is 0.206 e. The Kier molecular flexibility index (Phi) is 3.32. The predicted molar refractivity (Wildman–Crippen MR) is 68.1 cm³/mol. The topological polar surface area (TPSA) is 76.6 Å². The van der Waals surface area contributed by atoms with Gasteiger partial charge in [0.2, 0.25) is 5.82 Å². The summed E-state index contributed by atoms with van der Waals surface area (Å²) in [5.41, 5.74) is 1.52. The minimum atomic E-state index is -0.292. The first kappa shape index (κ1) is 12.2. The van der Waals surface area contributed by atoms with Crippen molar-refractivity contribution in [3.05, 3.63) is 54.1 Å². The zero-order valence-electron chi connectivity index (χ0n) is 10.3. The molecule has 0 amide bonds. The maximum absolute atomic E-state index is 12.7. The molecule has 0 aliphatic carbocycles. The molecule has 0 saturated heterocycles. The van der Waals surface area contributed by atoms with E-state index in [0.717, 1.165) is 11.3 Å². The summed E-state index contributed by atoms with van der Waals surface area (Å²) < 4.78 is 18.2. The van der Waals surface area contributed by atoms with Crippen molar-refractivity contribution in [2.75, 3.05) is 0 Å². The van der Waals surface area contributed by atoms with Gasteiger partial charge in [-0.2, -0.15) is 5.21 Å². The van der Waals surface area contributed by atoms with E-state index in [1.54, 1.807) is 18.3 Å². The molecule has 0 atom stereocenters. The van der Waals surface area contributed by atoms with E-state index in [0.29, 0.717) is 18.2 Å². The Morgan fingerprint density at radius 2 is 1.95 bits per heavy atom. The summed E-state index contributed by atoms with van der Waals surface area (Å²) >= 11 is 0. The van der Waals surface area contributed by atoms with Crippen molar-refractivity contribution in [2.45, 2.75) is 6.61 Å². The molecule has 0 fully saturated rings. The fraction of sp³-hybridized carbons (Fsp3) is 0.0769. The van der Waals surface area contributed by atoms with Gasteiger partial charge >= 0.3 is 0 Å². The fourth-order valence-electron chi connectivity index (χ4n) is 1.61. The number of nitrogens with one attached hydrogen (secondary N) is 1. The number of hydrogen-bond donors (Lipinski definition) is 1. The first-order chi connectivity index (χ1) is 9.81. The Balaban J connectivity index is 1.65. The van der Waals surface area contributed by atoms with Gasteiger partial charge in [-0.1, -0.05) is 0 Å². The van der Waals surface area contributed by atoms with Gasteiger partial charge in [-0.05, 0) is 41.6 Å². The molecule has 0 bridgehead atoms. The van der Waals surface area contributed by atoms with Crippen LogP contribution in [0.4, 0.5) is 4.39 Å². The number of halogens is 1. The number of H-pyrrole nitrogens is 1. The third-order valence-electron chi connectivity index (χ3n) is 2.63. The van der Waals surface area contributed by atoms with E-state index < -0.39 is 0 Å². The highest BCUT2D eigenvalue weighted by Gasteiger charge is 2.04. The van der Waals surface area contributed by atoms with Gasteiger partial charge in [0.15, 0.2) is 0 Å². The van der Waals surface area contributed by atoms with Gasteiger partial charge in [0.05, 0.1) is 5.69 Å². The maximum Gasteiger partial charge on any atom is 0.206 e. The molecule has 2 aromatic heterocycles. The van der Waals surface area contributed by atoms with Crippen LogP contribution in [0.25, 0.3) is 11.4 Å². The predicted octanol–water partition coefficient (Wildman–Crippen LogP) is 1.98. The summed E-state index contributed by atoms with van der Waals surface area (Å²) in [4.78, 5) is 4.25. The Morgan fingerprint density at radius 1 is 1.10 bits per heavy atom. The normalized spacial score (nSPS) is 10.4. The van der Waals surface area contributed by atoms with Gasteiger partial charge in [-0.3, -0.25) is 4.98 Å². The third-order valence-corrected chi connectivity index (χ3v) is 2.63. The number of rotatable bonds is 4. The number of aromatic amines is 1. The number of tetrazole rings is 1. The fourth-order valence-corrected chi connectivity index (χ4v) is 1.61. The minimum absolute atomic E-state index is 0.292. The summed E-state index contributed by atoms with van der Waals surface area (Å²) in [7, 11) is 0. The van der Waals surface area contributed by atoms with E-state index in [1.807, 2.05) is 12.1 Å². The number of ether oxygens (including phenoxy) is 1. The summed E-state index contributed by atoms with van der Waals surface area (Å²) in [6, 6.07) is 9.49. The quantitative estimate of drug-likeness (QED) is 0.785. The van der Waals surface area contributed by atoms with Gasteiger partial charge in [0.25, 0.3) is 0 Å². The first-order valence-electron chi connectivity index (χ1n) is 5.88. The SMILES string of the molecule is Fc1ccc(OCc2ccc(-c3nn[nH]n3)cn2)cc1. The summed E-state index contributed by atoms with van der Waals surface area (Å²) in [5.74, 6) is 0.791. The van der Waals surface area contributed by atoms with E-state index >= 15 is 0 Å². The molecule has 0 aliphatic heterocycles. The zero-order chi connectivity index (χ0) is 13.8. The van der Waals surface area contributed by atoms with E-state index in [-0.39, 0.29) is 5.82 Å². The Labute approximate surface area is 113 Å². The van der Waals surface area contributed by atoms with Crippen LogP contribution in [0.2, 0.25) is 0 Å². The van der Waals surface area contributed by atoms with Crippen molar-refractivity contribution in [1.82, 2.24) is 25.6 Å². The summed E-state index contributed by atoms with van der Waals surface area (Å²) in [6.07, 6.45) is 1.65. The Bertz CT molecular complexity index is 667. The highest BCUT2D eigenvalue weighted by Crippen LogP contribution is 2.15. The lowest BCUT2D eigenvalue weighted by molar-refractivity contribution is 0.301. The van der Waals surface area contributed by atoms with Gasteiger partial charge in [-0.25, -0.2) is 4.39 Å². The van der Waals surface area contributed by atoms with Crippen LogP contribution in [0.5, 0.6) is 5.75 Å². The number of benzene rings is 1. The lowest BCUT2D eigenvalue weighted by atomic mass is 10.2. The molecule has 3 aromatic rings.